The molecule has 0 aromatic heterocycles. The van der Waals surface area contributed by atoms with Crippen molar-refractivity contribution in [2.75, 3.05) is 18.7 Å². The minimum atomic E-state index is 0. The minimum Gasteiger partial charge on any atom is -0.497 e. The van der Waals surface area contributed by atoms with Gasteiger partial charge in [-0.15, -0.1) is 24.0 Å². The number of halogens is 1. The van der Waals surface area contributed by atoms with Crippen molar-refractivity contribution in [1.82, 2.24) is 0 Å². The van der Waals surface area contributed by atoms with Crippen molar-refractivity contribution in [3.05, 3.63) is 48.5 Å². The summed E-state index contributed by atoms with van der Waals surface area (Å²) in [5.41, 5.74) is 3.11. The molecule has 2 aromatic carbocycles. The summed E-state index contributed by atoms with van der Waals surface area (Å²) in [6, 6.07) is 15.9. The molecule has 0 amide bonds. The number of thioether (sulfide) groups is 1. The predicted octanol–water partition coefficient (Wildman–Crippen LogP) is 4.69. The molecule has 0 bridgehead atoms. The number of hydrogen-bond acceptors (Lipinski definition) is 3. The van der Waals surface area contributed by atoms with Gasteiger partial charge in [0.25, 0.3) is 0 Å². The number of anilines is 1. The molecule has 2 rings (SSSR count). The summed E-state index contributed by atoms with van der Waals surface area (Å²) < 4.78 is 5.16. The Hall–Kier alpha value is -1.21. The van der Waals surface area contributed by atoms with Crippen molar-refractivity contribution in [1.29, 1.82) is 5.41 Å². The van der Waals surface area contributed by atoms with Crippen molar-refractivity contribution < 1.29 is 4.74 Å². The first-order valence-corrected chi connectivity index (χ1v) is 7.10. The maximum absolute atomic E-state index is 7.73. The SMILES string of the molecule is COc1ccc(-c2ccccc2NC(=N)SC)cc1.I. The fourth-order valence-corrected chi connectivity index (χ4v) is 2.00. The molecular formula is C15H17IN2OS. The molecule has 5 heteroatoms. The molecule has 0 aliphatic carbocycles. The molecule has 20 heavy (non-hydrogen) atoms. The Bertz CT molecular complexity index is 572. The van der Waals surface area contributed by atoms with Crippen LogP contribution in [0.4, 0.5) is 5.69 Å². The molecule has 3 nitrogen and oxygen atoms in total. The first-order chi connectivity index (χ1) is 9.24. The number of methoxy groups -OCH3 is 1. The predicted molar refractivity (Wildman–Crippen MR) is 98.7 cm³/mol. The Morgan fingerprint density at radius 3 is 2.35 bits per heavy atom. The van der Waals surface area contributed by atoms with E-state index in [9.17, 15) is 0 Å². The van der Waals surface area contributed by atoms with Gasteiger partial charge in [-0.25, -0.2) is 0 Å². The molecule has 0 atom stereocenters. The van der Waals surface area contributed by atoms with E-state index < -0.39 is 0 Å². The van der Waals surface area contributed by atoms with Crippen molar-refractivity contribution in [2.24, 2.45) is 0 Å². The number of nitrogens with one attached hydrogen (secondary N) is 2. The van der Waals surface area contributed by atoms with E-state index in [4.69, 9.17) is 10.1 Å². The van der Waals surface area contributed by atoms with Crippen LogP contribution >= 0.6 is 35.7 Å². The van der Waals surface area contributed by atoms with Crippen LogP contribution in [0.25, 0.3) is 11.1 Å². The smallest absolute Gasteiger partial charge is 0.157 e. The highest BCUT2D eigenvalue weighted by Crippen LogP contribution is 2.29. The lowest BCUT2D eigenvalue weighted by Crippen LogP contribution is -2.06. The van der Waals surface area contributed by atoms with Crippen molar-refractivity contribution in [3.8, 4) is 16.9 Å². The number of ether oxygens (including phenoxy) is 1. The largest absolute Gasteiger partial charge is 0.497 e. The van der Waals surface area contributed by atoms with Gasteiger partial charge in [0.1, 0.15) is 5.75 Å². The van der Waals surface area contributed by atoms with Crippen LogP contribution in [0, 0.1) is 5.41 Å². The molecular weight excluding hydrogens is 383 g/mol. The molecule has 0 unspecified atom stereocenters. The van der Waals surface area contributed by atoms with E-state index in [1.807, 2.05) is 54.8 Å². The van der Waals surface area contributed by atoms with E-state index in [1.54, 1.807) is 7.11 Å². The van der Waals surface area contributed by atoms with Gasteiger partial charge in [0.05, 0.1) is 7.11 Å². The van der Waals surface area contributed by atoms with Gasteiger partial charge in [-0.05, 0) is 30.0 Å². The molecule has 0 fully saturated rings. The zero-order chi connectivity index (χ0) is 13.7. The van der Waals surface area contributed by atoms with Crippen LogP contribution in [0.15, 0.2) is 48.5 Å². The molecule has 0 saturated heterocycles. The van der Waals surface area contributed by atoms with Crippen LogP contribution in [0.1, 0.15) is 0 Å². The average molecular weight is 400 g/mol. The zero-order valence-electron chi connectivity index (χ0n) is 11.3. The maximum Gasteiger partial charge on any atom is 0.157 e. The third kappa shape index (κ3) is 4.14. The summed E-state index contributed by atoms with van der Waals surface area (Å²) in [6.45, 7) is 0. The summed E-state index contributed by atoms with van der Waals surface area (Å²) in [5, 5.41) is 11.3. The average Bonchev–Trinajstić information content (AvgIpc) is 2.48. The van der Waals surface area contributed by atoms with E-state index >= 15 is 0 Å². The lowest BCUT2D eigenvalue weighted by Gasteiger charge is -2.12. The Kier molecular flexibility index (Phi) is 6.87. The molecule has 0 saturated carbocycles. The summed E-state index contributed by atoms with van der Waals surface area (Å²) in [5.74, 6) is 0.839. The summed E-state index contributed by atoms with van der Waals surface area (Å²) in [7, 11) is 1.66. The number of benzene rings is 2. The zero-order valence-corrected chi connectivity index (χ0v) is 14.5. The molecule has 106 valence electrons. The van der Waals surface area contributed by atoms with E-state index in [2.05, 4.69) is 5.32 Å². The van der Waals surface area contributed by atoms with Gasteiger partial charge in [0.15, 0.2) is 5.17 Å². The van der Waals surface area contributed by atoms with E-state index in [1.165, 1.54) is 11.8 Å². The van der Waals surface area contributed by atoms with Gasteiger partial charge in [0, 0.05) is 11.3 Å². The summed E-state index contributed by atoms with van der Waals surface area (Å²) in [6.07, 6.45) is 1.88. The van der Waals surface area contributed by atoms with E-state index in [0.29, 0.717) is 5.17 Å². The number of rotatable bonds is 3. The normalized spacial score (nSPS) is 9.50. The highest BCUT2D eigenvalue weighted by Gasteiger charge is 2.05. The van der Waals surface area contributed by atoms with Crippen molar-refractivity contribution >= 4 is 46.6 Å². The Labute approximate surface area is 140 Å². The Morgan fingerprint density at radius 1 is 1.10 bits per heavy atom. The third-order valence-electron chi connectivity index (χ3n) is 2.78. The second-order valence-electron chi connectivity index (χ2n) is 3.93. The molecule has 2 N–H and O–H groups in total. The van der Waals surface area contributed by atoms with Gasteiger partial charge >= 0.3 is 0 Å². The fraction of sp³-hybridized carbons (Fsp3) is 0.133. The minimum absolute atomic E-state index is 0. The van der Waals surface area contributed by atoms with Gasteiger partial charge in [-0.1, -0.05) is 42.1 Å². The van der Waals surface area contributed by atoms with Crippen molar-refractivity contribution in [3.63, 3.8) is 0 Å². The maximum atomic E-state index is 7.73. The number of hydrogen-bond donors (Lipinski definition) is 2. The topological polar surface area (TPSA) is 45.1 Å². The Morgan fingerprint density at radius 2 is 1.75 bits per heavy atom. The monoisotopic (exact) mass is 400 g/mol. The molecule has 0 spiro atoms. The van der Waals surface area contributed by atoms with Crippen LogP contribution in [0.2, 0.25) is 0 Å². The van der Waals surface area contributed by atoms with Gasteiger partial charge in [-0.3, -0.25) is 5.41 Å². The standard InChI is InChI=1S/C15H16N2OS.HI/c1-18-12-9-7-11(8-10-12)13-5-3-4-6-14(13)17-15(16)19-2;/h3-10H,1-2H3,(H2,16,17);1H. The second-order valence-corrected chi connectivity index (χ2v) is 4.75. The first-order valence-electron chi connectivity index (χ1n) is 5.87. The molecule has 0 aliphatic heterocycles. The molecule has 0 radical (unpaired) electrons. The fourth-order valence-electron chi connectivity index (χ4n) is 1.79. The second kappa shape index (κ2) is 8.16. The molecule has 0 heterocycles. The number of para-hydroxylation sites is 1. The van der Waals surface area contributed by atoms with Crippen LogP contribution in [0.3, 0.4) is 0 Å². The molecule has 2 aromatic rings. The van der Waals surface area contributed by atoms with Gasteiger partial charge in [0.2, 0.25) is 0 Å². The molecule has 0 aliphatic rings. The van der Waals surface area contributed by atoms with Gasteiger partial charge in [-0.2, -0.15) is 0 Å². The van der Waals surface area contributed by atoms with Crippen molar-refractivity contribution in [2.45, 2.75) is 0 Å². The van der Waals surface area contributed by atoms with Gasteiger partial charge < -0.3 is 10.1 Å². The van der Waals surface area contributed by atoms with Crippen LogP contribution < -0.4 is 10.1 Å². The first kappa shape index (κ1) is 16.8. The highest BCUT2D eigenvalue weighted by molar-refractivity contribution is 14.0. The third-order valence-corrected chi connectivity index (χ3v) is 3.29. The van der Waals surface area contributed by atoms with Crippen LogP contribution in [-0.2, 0) is 0 Å². The summed E-state index contributed by atoms with van der Waals surface area (Å²) in [4.78, 5) is 0. The van der Waals surface area contributed by atoms with E-state index in [-0.39, 0.29) is 24.0 Å². The van der Waals surface area contributed by atoms with Crippen LogP contribution in [-0.4, -0.2) is 18.5 Å². The number of amidine groups is 1. The quantitative estimate of drug-likeness (QED) is 0.447. The highest BCUT2D eigenvalue weighted by atomic mass is 127. The van der Waals surface area contributed by atoms with E-state index in [0.717, 1.165) is 22.6 Å². The Balaban J connectivity index is 0.00000200. The lowest BCUT2D eigenvalue weighted by molar-refractivity contribution is 0.415. The van der Waals surface area contributed by atoms with Crippen LogP contribution in [0.5, 0.6) is 5.75 Å². The summed E-state index contributed by atoms with van der Waals surface area (Å²) >= 11 is 1.38. The lowest BCUT2D eigenvalue weighted by atomic mass is 10.0.